The second kappa shape index (κ2) is 7.75. The molecular weight excluding hydrogens is 322 g/mol. The molecule has 6 heteroatoms. The second-order valence-electron chi connectivity index (χ2n) is 6.17. The number of carbonyl (C=O) groups is 2. The third-order valence-corrected chi connectivity index (χ3v) is 5.54. The number of rotatable bonds is 5. The summed E-state index contributed by atoms with van der Waals surface area (Å²) in [6.07, 6.45) is 3.40. The highest BCUT2D eigenvalue weighted by atomic mass is 32.1. The van der Waals surface area contributed by atoms with Gasteiger partial charge in [-0.05, 0) is 31.4 Å². The smallest absolute Gasteiger partial charge is 0.222 e. The number of piperazine rings is 1. The largest absolute Gasteiger partial charge is 0.339 e. The Labute approximate surface area is 146 Å². The zero-order valence-corrected chi connectivity index (χ0v) is 14.8. The van der Waals surface area contributed by atoms with Gasteiger partial charge < -0.3 is 9.80 Å². The molecule has 1 aliphatic rings. The van der Waals surface area contributed by atoms with E-state index in [1.165, 1.54) is 4.70 Å². The van der Waals surface area contributed by atoms with Gasteiger partial charge in [0.1, 0.15) is 0 Å². The number of aromatic nitrogens is 1. The Hall–Kier alpha value is -1.95. The van der Waals surface area contributed by atoms with Crippen molar-refractivity contribution in [2.24, 2.45) is 0 Å². The standard InChI is InChI=1S/C18H23N3O2S/c1-14(22)20-10-12-21(13-11-20)18(23)9-5-4-8-17-19-15-6-2-3-7-16(15)24-17/h2-3,6-7H,4-5,8-13H2,1H3. The minimum Gasteiger partial charge on any atom is -0.339 e. The van der Waals surface area contributed by atoms with Gasteiger partial charge in [-0.3, -0.25) is 9.59 Å². The van der Waals surface area contributed by atoms with Crippen molar-refractivity contribution < 1.29 is 9.59 Å². The van der Waals surface area contributed by atoms with E-state index in [1.54, 1.807) is 23.2 Å². The summed E-state index contributed by atoms with van der Waals surface area (Å²) in [5.74, 6) is 0.306. The highest BCUT2D eigenvalue weighted by molar-refractivity contribution is 7.18. The lowest BCUT2D eigenvalue weighted by atomic mass is 10.1. The van der Waals surface area contributed by atoms with Gasteiger partial charge in [-0.15, -0.1) is 11.3 Å². The van der Waals surface area contributed by atoms with Crippen molar-refractivity contribution in [3.8, 4) is 0 Å². The zero-order chi connectivity index (χ0) is 16.9. The molecule has 0 N–H and O–H groups in total. The molecule has 1 fully saturated rings. The van der Waals surface area contributed by atoms with Crippen LogP contribution >= 0.6 is 11.3 Å². The van der Waals surface area contributed by atoms with Gasteiger partial charge in [0, 0.05) is 39.5 Å². The Balaban J connectivity index is 1.38. The lowest BCUT2D eigenvalue weighted by molar-refractivity contribution is -0.138. The number of amides is 2. The molecule has 0 saturated carbocycles. The zero-order valence-electron chi connectivity index (χ0n) is 14.0. The van der Waals surface area contributed by atoms with Gasteiger partial charge in [-0.1, -0.05) is 12.1 Å². The summed E-state index contributed by atoms with van der Waals surface area (Å²) >= 11 is 1.74. The number of unbranched alkanes of at least 4 members (excludes halogenated alkanes) is 1. The maximum absolute atomic E-state index is 12.2. The first kappa shape index (κ1) is 16.9. The average Bonchev–Trinajstić information content (AvgIpc) is 3.01. The number of thiazole rings is 1. The monoisotopic (exact) mass is 345 g/mol. The van der Waals surface area contributed by atoms with Crippen LogP contribution in [0.25, 0.3) is 10.2 Å². The van der Waals surface area contributed by atoms with E-state index in [1.807, 2.05) is 23.1 Å². The molecule has 2 amide bonds. The summed E-state index contributed by atoms with van der Waals surface area (Å²) < 4.78 is 1.23. The summed E-state index contributed by atoms with van der Waals surface area (Å²) in [5.41, 5.74) is 1.07. The topological polar surface area (TPSA) is 53.5 Å². The molecule has 0 bridgehead atoms. The molecular formula is C18H23N3O2S. The summed E-state index contributed by atoms with van der Waals surface area (Å²) in [4.78, 5) is 31.9. The highest BCUT2D eigenvalue weighted by Gasteiger charge is 2.21. The first-order chi connectivity index (χ1) is 11.6. The molecule has 0 atom stereocenters. The molecule has 0 radical (unpaired) electrons. The fourth-order valence-corrected chi connectivity index (χ4v) is 4.02. The van der Waals surface area contributed by atoms with Crippen LogP contribution in [-0.4, -0.2) is 52.8 Å². The Kier molecular flexibility index (Phi) is 5.45. The maximum Gasteiger partial charge on any atom is 0.222 e. The minimum atomic E-state index is 0.0953. The van der Waals surface area contributed by atoms with Crippen LogP contribution in [-0.2, 0) is 16.0 Å². The number of para-hydroxylation sites is 1. The number of hydrogen-bond donors (Lipinski definition) is 0. The molecule has 2 heterocycles. The predicted molar refractivity (Wildman–Crippen MR) is 96.0 cm³/mol. The third kappa shape index (κ3) is 4.12. The van der Waals surface area contributed by atoms with E-state index in [2.05, 4.69) is 11.1 Å². The van der Waals surface area contributed by atoms with Gasteiger partial charge in [0.25, 0.3) is 0 Å². The fraction of sp³-hybridized carbons (Fsp3) is 0.500. The highest BCUT2D eigenvalue weighted by Crippen LogP contribution is 2.23. The number of benzene rings is 1. The fourth-order valence-electron chi connectivity index (χ4n) is 3.01. The van der Waals surface area contributed by atoms with Crippen molar-refractivity contribution in [2.75, 3.05) is 26.2 Å². The Morgan fingerprint density at radius 2 is 1.79 bits per heavy atom. The molecule has 24 heavy (non-hydrogen) atoms. The van der Waals surface area contributed by atoms with Crippen molar-refractivity contribution in [2.45, 2.75) is 32.6 Å². The van der Waals surface area contributed by atoms with Crippen molar-refractivity contribution in [3.63, 3.8) is 0 Å². The van der Waals surface area contributed by atoms with Gasteiger partial charge in [-0.25, -0.2) is 4.98 Å². The van der Waals surface area contributed by atoms with Crippen molar-refractivity contribution in [1.29, 1.82) is 0 Å². The van der Waals surface area contributed by atoms with Crippen LogP contribution in [0.5, 0.6) is 0 Å². The van der Waals surface area contributed by atoms with Crippen LogP contribution in [0.1, 0.15) is 31.2 Å². The van der Waals surface area contributed by atoms with Gasteiger partial charge in [0.15, 0.2) is 0 Å². The number of carbonyl (C=O) groups excluding carboxylic acids is 2. The molecule has 1 aliphatic heterocycles. The first-order valence-corrected chi connectivity index (χ1v) is 9.33. The van der Waals surface area contributed by atoms with Crippen LogP contribution < -0.4 is 0 Å². The molecule has 1 saturated heterocycles. The summed E-state index contributed by atoms with van der Waals surface area (Å²) in [7, 11) is 0. The van der Waals surface area contributed by atoms with Gasteiger partial charge in [0.2, 0.25) is 11.8 Å². The van der Waals surface area contributed by atoms with E-state index >= 15 is 0 Å². The van der Waals surface area contributed by atoms with Crippen LogP contribution in [0.3, 0.4) is 0 Å². The molecule has 0 spiro atoms. The molecule has 1 aromatic carbocycles. The summed E-state index contributed by atoms with van der Waals surface area (Å²) in [5, 5.41) is 1.15. The second-order valence-corrected chi connectivity index (χ2v) is 7.28. The quantitative estimate of drug-likeness (QED) is 0.783. The van der Waals surface area contributed by atoms with E-state index in [0.29, 0.717) is 32.6 Å². The Morgan fingerprint density at radius 3 is 2.50 bits per heavy atom. The molecule has 5 nitrogen and oxygen atoms in total. The van der Waals surface area contributed by atoms with E-state index in [4.69, 9.17) is 0 Å². The van der Waals surface area contributed by atoms with E-state index in [9.17, 15) is 9.59 Å². The molecule has 0 unspecified atom stereocenters. The van der Waals surface area contributed by atoms with Gasteiger partial charge in [0.05, 0.1) is 15.2 Å². The lowest BCUT2D eigenvalue weighted by Gasteiger charge is -2.34. The number of aryl methyl sites for hydroxylation is 1. The molecule has 3 rings (SSSR count). The van der Waals surface area contributed by atoms with Crippen LogP contribution in [0.2, 0.25) is 0 Å². The van der Waals surface area contributed by atoms with Crippen molar-refractivity contribution >= 4 is 33.4 Å². The third-order valence-electron chi connectivity index (χ3n) is 4.45. The van der Waals surface area contributed by atoms with Crippen LogP contribution in [0, 0.1) is 0 Å². The van der Waals surface area contributed by atoms with E-state index in [0.717, 1.165) is 29.8 Å². The average molecular weight is 345 g/mol. The maximum atomic E-state index is 12.2. The Morgan fingerprint density at radius 1 is 1.08 bits per heavy atom. The minimum absolute atomic E-state index is 0.0953. The van der Waals surface area contributed by atoms with Gasteiger partial charge >= 0.3 is 0 Å². The van der Waals surface area contributed by atoms with E-state index < -0.39 is 0 Å². The molecule has 2 aromatic rings. The van der Waals surface area contributed by atoms with Crippen molar-refractivity contribution in [3.05, 3.63) is 29.3 Å². The summed E-state index contributed by atoms with van der Waals surface area (Å²) in [6, 6.07) is 8.19. The number of fused-ring (bicyclic) bond motifs is 1. The Bertz CT molecular complexity index is 687. The van der Waals surface area contributed by atoms with Crippen LogP contribution in [0.15, 0.2) is 24.3 Å². The predicted octanol–water partition coefficient (Wildman–Crippen LogP) is 2.70. The number of nitrogens with zero attached hydrogens (tertiary/aromatic N) is 3. The number of hydrogen-bond acceptors (Lipinski definition) is 4. The van der Waals surface area contributed by atoms with Gasteiger partial charge in [-0.2, -0.15) is 0 Å². The van der Waals surface area contributed by atoms with Crippen molar-refractivity contribution in [1.82, 2.24) is 14.8 Å². The normalized spacial score (nSPS) is 15.0. The molecule has 1 aromatic heterocycles. The molecule has 128 valence electrons. The SMILES string of the molecule is CC(=O)N1CCN(C(=O)CCCCc2nc3ccccc3s2)CC1. The summed E-state index contributed by atoms with van der Waals surface area (Å²) in [6.45, 7) is 4.23. The first-order valence-electron chi connectivity index (χ1n) is 8.51. The molecule has 0 aliphatic carbocycles. The lowest BCUT2D eigenvalue weighted by Crippen LogP contribution is -2.50. The van der Waals surface area contributed by atoms with E-state index in [-0.39, 0.29) is 11.8 Å². The van der Waals surface area contributed by atoms with Crippen LogP contribution in [0.4, 0.5) is 0 Å².